The van der Waals surface area contributed by atoms with Crippen molar-refractivity contribution < 1.29 is 9.53 Å². The molecule has 3 rings (SSSR count). The first-order valence-corrected chi connectivity index (χ1v) is 6.81. The van der Waals surface area contributed by atoms with E-state index in [1.165, 1.54) is 23.6 Å². The number of benzene rings is 1. The van der Waals surface area contributed by atoms with Crippen molar-refractivity contribution in [2.75, 3.05) is 7.11 Å². The molecule has 21 heavy (non-hydrogen) atoms. The molecule has 1 aromatic carbocycles. The number of fused-ring (bicyclic) bond motifs is 1. The predicted molar refractivity (Wildman–Crippen MR) is 73.5 cm³/mol. The average Bonchev–Trinajstić information content (AvgIpc) is 2.94. The predicted octanol–water partition coefficient (Wildman–Crippen LogP) is 0.940. The van der Waals surface area contributed by atoms with E-state index in [9.17, 15) is 4.79 Å². The van der Waals surface area contributed by atoms with Crippen molar-refractivity contribution in [2.45, 2.75) is 16.7 Å². The van der Waals surface area contributed by atoms with Gasteiger partial charge in [-0.05, 0) is 22.2 Å². The van der Waals surface area contributed by atoms with E-state index in [0.29, 0.717) is 10.2 Å². The van der Waals surface area contributed by atoms with Gasteiger partial charge in [0.1, 0.15) is 11.6 Å². The molecular formula is C12H10N6O2S. The third-order valence-corrected chi connectivity index (χ3v) is 3.70. The lowest BCUT2D eigenvalue weighted by Crippen LogP contribution is -2.13. The Morgan fingerprint density at radius 1 is 1.33 bits per heavy atom. The van der Waals surface area contributed by atoms with E-state index in [1.54, 1.807) is 6.20 Å². The molecule has 0 saturated heterocycles. The van der Waals surface area contributed by atoms with Gasteiger partial charge in [-0.1, -0.05) is 24.3 Å². The van der Waals surface area contributed by atoms with Crippen LogP contribution in [-0.2, 0) is 16.1 Å². The van der Waals surface area contributed by atoms with Gasteiger partial charge in [0.05, 0.1) is 13.3 Å². The molecule has 0 fully saturated rings. The van der Waals surface area contributed by atoms with Crippen molar-refractivity contribution in [2.24, 2.45) is 0 Å². The molecule has 2 aromatic heterocycles. The maximum absolute atomic E-state index is 11.3. The van der Waals surface area contributed by atoms with E-state index >= 15 is 0 Å². The third kappa shape index (κ3) is 2.82. The first-order valence-electron chi connectivity index (χ1n) is 5.99. The summed E-state index contributed by atoms with van der Waals surface area (Å²) in [6.45, 7) is -0.0516. The van der Waals surface area contributed by atoms with E-state index in [1.807, 2.05) is 24.3 Å². The molecule has 0 bridgehead atoms. The van der Waals surface area contributed by atoms with Crippen LogP contribution >= 0.6 is 11.8 Å². The maximum atomic E-state index is 11.3. The summed E-state index contributed by atoms with van der Waals surface area (Å²) in [5, 5.41) is 22.4. The van der Waals surface area contributed by atoms with Crippen LogP contribution in [0.25, 0.3) is 10.8 Å². The minimum atomic E-state index is -0.423. The maximum Gasteiger partial charge on any atom is 0.327 e. The number of ether oxygens (including phenoxy) is 1. The Balaban J connectivity index is 1.93. The van der Waals surface area contributed by atoms with Crippen molar-refractivity contribution >= 4 is 28.5 Å². The molecule has 0 aliphatic carbocycles. The van der Waals surface area contributed by atoms with Crippen LogP contribution in [0.3, 0.4) is 0 Å². The zero-order valence-corrected chi connectivity index (χ0v) is 11.8. The smallest absolute Gasteiger partial charge is 0.327 e. The minimum absolute atomic E-state index is 0.0516. The summed E-state index contributed by atoms with van der Waals surface area (Å²) in [4.78, 5) is 11.3. The van der Waals surface area contributed by atoms with Gasteiger partial charge in [-0.15, -0.1) is 10.2 Å². The zero-order valence-electron chi connectivity index (χ0n) is 11.0. The number of hydrogen-bond donors (Lipinski definition) is 0. The van der Waals surface area contributed by atoms with Gasteiger partial charge in [0, 0.05) is 10.8 Å². The Labute approximate surface area is 123 Å². The second kappa shape index (κ2) is 5.83. The fourth-order valence-corrected chi connectivity index (χ4v) is 2.56. The van der Waals surface area contributed by atoms with Crippen LogP contribution < -0.4 is 0 Å². The summed E-state index contributed by atoms with van der Waals surface area (Å²) in [5.41, 5.74) is 0. The second-order valence-corrected chi connectivity index (χ2v) is 4.99. The van der Waals surface area contributed by atoms with Gasteiger partial charge in [0.25, 0.3) is 0 Å². The molecule has 0 atom stereocenters. The number of hydrogen-bond acceptors (Lipinski definition) is 8. The Bertz CT molecular complexity index is 785. The third-order valence-electron chi connectivity index (χ3n) is 2.73. The zero-order chi connectivity index (χ0) is 14.7. The second-order valence-electron chi connectivity index (χ2n) is 4.03. The summed E-state index contributed by atoms with van der Waals surface area (Å²) < 4.78 is 5.97. The summed E-state index contributed by atoms with van der Waals surface area (Å²) in [5.74, 6) is -0.423. The molecule has 0 radical (unpaired) electrons. The fraction of sp³-hybridized carbons (Fsp3) is 0.167. The van der Waals surface area contributed by atoms with Gasteiger partial charge in [-0.25, -0.2) is 4.68 Å². The summed E-state index contributed by atoms with van der Waals surface area (Å²) in [6.07, 6.45) is 1.69. The standard InChI is InChI=1S/C12H10N6O2S/c1-20-10(19)7-18-12(15-16-17-18)21-11-9-5-3-2-4-8(9)6-13-14-11/h2-6H,7H2,1H3. The average molecular weight is 302 g/mol. The molecule has 2 heterocycles. The molecule has 0 aliphatic heterocycles. The van der Waals surface area contributed by atoms with Crippen LogP contribution in [0.5, 0.6) is 0 Å². The first-order chi connectivity index (χ1) is 10.3. The molecular weight excluding hydrogens is 292 g/mol. The normalized spacial score (nSPS) is 10.7. The van der Waals surface area contributed by atoms with Crippen molar-refractivity contribution in [3.05, 3.63) is 30.5 Å². The van der Waals surface area contributed by atoms with Crippen molar-refractivity contribution in [3.8, 4) is 0 Å². The van der Waals surface area contributed by atoms with E-state index in [4.69, 9.17) is 0 Å². The number of carbonyl (C=O) groups is 1. The summed E-state index contributed by atoms with van der Waals surface area (Å²) >= 11 is 1.25. The summed E-state index contributed by atoms with van der Waals surface area (Å²) in [7, 11) is 1.32. The Morgan fingerprint density at radius 3 is 3.05 bits per heavy atom. The lowest BCUT2D eigenvalue weighted by atomic mass is 10.2. The highest BCUT2D eigenvalue weighted by molar-refractivity contribution is 7.99. The Kier molecular flexibility index (Phi) is 3.73. The molecule has 0 spiro atoms. The number of nitrogens with zero attached hydrogens (tertiary/aromatic N) is 6. The van der Waals surface area contributed by atoms with Crippen LogP contribution in [0.2, 0.25) is 0 Å². The van der Waals surface area contributed by atoms with Crippen LogP contribution in [0.4, 0.5) is 0 Å². The molecule has 0 amide bonds. The van der Waals surface area contributed by atoms with Crippen LogP contribution in [0.15, 0.2) is 40.6 Å². The van der Waals surface area contributed by atoms with Crippen molar-refractivity contribution in [1.29, 1.82) is 0 Å². The van der Waals surface area contributed by atoms with Gasteiger partial charge in [-0.2, -0.15) is 5.10 Å². The number of methoxy groups -OCH3 is 1. The van der Waals surface area contributed by atoms with Gasteiger partial charge in [-0.3, -0.25) is 4.79 Å². The highest BCUT2D eigenvalue weighted by Crippen LogP contribution is 2.29. The van der Waals surface area contributed by atoms with E-state index < -0.39 is 5.97 Å². The lowest BCUT2D eigenvalue weighted by molar-refractivity contribution is -0.141. The molecule has 106 valence electrons. The topological polar surface area (TPSA) is 95.7 Å². The van der Waals surface area contributed by atoms with Crippen LogP contribution in [0, 0.1) is 0 Å². The monoisotopic (exact) mass is 302 g/mol. The number of esters is 1. The largest absolute Gasteiger partial charge is 0.468 e. The molecule has 0 saturated carbocycles. The minimum Gasteiger partial charge on any atom is -0.468 e. The molecule has 0 aliphatic rings. The number of tetrazole rings is 1. The van der Waals surface area contributed by atoms with Gasteiger partial charge >= 0.3 is 5.97 Å². The van der Waals surface area contributed by atoms with E-state index in [-0.39, 0.29) is 6.54 Å². The quantitative estimate of drug-likeness (QED) is 0.657. The first kappa shape index (κ1) is 13.4. The SMILES string of the molecule is COC(=O)Cn1nnnc1Sc1nncc2ccccc12. The highest BCUT2D eigenvalue weighted by Gasteiger charge is 2.14. The number of carbonyl (C=O) groups excluding carboxylic acids is 1. The van der Waals surface area contributed by atoms with Gasteiger partial charge < -0.3 is 4.74 Å². The fourth-order valence-electron chi connectivity index (χ4n) is 1.72. The number of rotatable bonds is 4. The lowest BCUT2D eigenvalue weighted by Gasteiger charge is -2.04. The van der Waals surface area contributed by atoms with Crippen LogP contribution in [0.1, 0.15) is 0 Å². The molecule has 0 unspecified atom stereocenters. The van der Waals surface area contributed by atoms with Gasteiger partial charge in [0.15, 0.2) is 0 Å². The molecule has 3 aromatic rings. The highest BCUT2D eigenvalue weighted by atomic mass is 32.2. The molecule has 0 N–H and O–H groups in total. The van der Waals surface area contributed by atoms with Crippen LogP contribution in [-0.4, -0.2) is 43.5 Å². The summed E-state index contributed by atoms with van der Waals surface area (Å²) in [6, 6.07) is 7.75. The number of aromatic nitrogens is 6. The Hall–Kier alpha value is -2.55. The van der Waals surface area contributed by atoms with Gasteiger partial charge in [0.2, 0.25) is 5.16 Å². The van der Waals surface area contributed by atoms with Crippen molar-refractivity contribution in [1.82, 2.24) is 30.4 Å². The Morgan fingerprint density at radius 2 is 2.19 bits per heavy atom. The molecule has 9 heteroatoms. The van der Waals surface area contributed by atoms with E-state index in [0.717, 1.165) is 10.8 Å². The molecule has 8 nitrogen and oxygen atoms in total. The van der Waals surface area contributed by atoms with Crippen molar-refractivity contribution in [3.63, 3.8) is 0 Å². The van der Waals surface area contributed by atoms with E-state index in [2.05, 4.69) is 30.5 Å².